The summed E-state index contributed by atoms with van der Waals surface area (Å²) in [6.45, 7) is 1.45. The van der Waals surface area contributed by atoms with E-state index < -0.39 is 5.97 Å². The van der Waals surface area contributed by atoms with Crippen LogP contribution >= 0.6 is 0 Å². The number of nitrogens with zero attached hydrogens (tertiary/aromatic N) is 1. The van der Waals surface area contributed by atoms with Gasteiger partial charge in [-0.1, -0.05) is 12.2 Å². The lowest BCUT2D eigenvalue weighted by atomic mass is 9.89. The molecule has 1 amide bonds. The molecule has 1 aliphatic heterocycles. The van der Waals surface area contributed by atoms with Crippen molar-refractivity contribution in [2.24, 2.45) is 23.7 Å². The molecule has 0 aromatic heterocycles. The molecule has 3 aliphatic rings. The molecule has 0 radical (unpaired) electrons. The van der Waals surface area contributed by atoms with E-state index >= 15 is 0 Å². The van der Waals surface area contributed by atoms with Gasteiger partial charge in [0.2, 0.25) is 5.91 Å². The molecule has 4 heteroatoms. The maximum absolute atomic E-state index is 12.6. The minimum atomic E-state index is -0.748. The van der Waals surface area contributed by atoms with Gasteiger partial charge in [0, 0.05) is 25.4 Å². The molecule has 1 saturated heterocycles. The fraction of sp³-hybridized carbons (Fsp3) is 0.733. The number of fused-ring (bicyclic) bond motifs is 2. The van der Waals surface area contributed by atoms with E-state index in [0.29, 0.717) is 18.4 Å². The first-order valence-electron chi connectivity index (χ1n) is 7.32. The molecule has 0 aromatic carbocycles. The lowest BCUT2D eigenvalue weighted by molar-refractivity contribution is -0.142. The maximum Gasteiger partial charge on any atom is 0.303 e. The number of hydrogen-bond acceptors (Lipinski definition) is 2. The van der Waals surface area contributed by atoms with E-state index in [0.717, 1.165) is 32.2 Å². The molecule has 2 bridgehead atoms. The molecule has 4 unspecified atom stereocenters. The summed E-state index contributed by atoms with van der Waals surface area (Å²) < 4.78 is 0. The van der Waals surface area contributed by atoms with Crippen molar-refractivity contribution >= 4 is 11.9 Å². The van der Waals surface area contributed by atoms with Crippen LogP contribution in [0.15, 0.2) is 12.2 Å². The average Bonchev–Trinajstić information content (AvgIpc) is 2.99. The van der Waals surface area contributed by atoms with Gasteiger partial charge in [-0.05, 0) is 43.4 Å². The Morgan fingerprint density at radius 3 is 2.74 bits per heavy atom. The van der Waals surface area contributed by atoms with Crippen molar-refractivity contribution in [1.82, 2.24) is 4.90 Å². The summed E-state index contributed by atoms with van der Waals surface area (Å²) in [6, 6.07) is 0. The number of aliphatic carboxylic acids is 1. The Hall–Kier alpha value is -1.32. The topological polar surface area (TPSA) is 57.6 Å². The number of carbonyl (C=O) groups excluding carboxylic acids is 1. The molecule has 104 valence electrons. The Kier molecular flexibility index (Phi) is 3.33. The number of carboxylic acids is 1. The van der Waals surface area contributed by atoms with Gasteiger partial charge in [-0.2, -0.15) is 0 Å². The third-order valence-electron chi connectivity index (χ3n) is 4.89. The number of carboxylic acid groups (broad SMARTS) is 1. The van der Waals surface area contributed by atoms with Crippen LogP contribution in [0, 0.1) is 23.7 Å². The van der Waals surface area contributed by atoms with Gasteiger partial charge in [0.05, 0.1) is 0 Å². The molecule has 19 heavy (non-hydrogen) atoms. The van der Waals surface area contributed by atoms with Crippen LogP contribution in [-0.4, -0.2) is 35.0 Å². The van der Waals surface area contributed by atoms with Crippen molar-refractivity contribution in [3.63, 3.8) is 0 Å². The molecule has 2 fully saturated rings. The summed E-state index contributed by atoms with van der Waals surface area (Å²) in [5.74, 6) is 0.882. The third kappa shape index (κ3) is 2.53. The third-order valence-corrected chi connectivity index (χ3v) is 4.89. The Labute approximate surface area is 113 Å². The van der Waals surface area contributed by atoms with Crippen molar-refractivity contribution in [2.75, 3.05) is 13.1 Å². The van der Waals surface area contributed by atoms with Crippen LogP contribution in [0.25, 0.3) is 0 Å². The normalized spacial score (nSPS) is 36.7. The van der Waals surface area contributed by atoms with Crippen molar-refractivity contribution in [3.05, 3.63) is 12.2 Å². The van der Waals surface area contributed by atoms with Gasteiger partial charge in [0.25, 0.3) is 0 Å². The van der Waals surface area contributed by atoms with Gasteiger partial charge in [0.1, 0.15) is 0 Å². The molecular weight excluding hydrogens is 242 g/mol. The molecule has 1 heterocycles. The lowest BCUT2D eigenvalue weighted by Gasteiger charge is -2.35. The second-order valence-corrected chi connectivity index (χ2v) is 6.28. The predicted octanol–water partition coefficient (Wildman–Crippen LogP) is 1.91. The minimum Gasteiger partial charge on any atom is -0.481 e. The highest BCUT2D eigenvalue weighted by Gasteiger charge is 2.42. The standard InChI is InChI=1S/C15H21NO3/c17-14(18)8-11-2-1-5-16(9-11)15(19)13-7-10-3-4-12(13)6-10/h3-4,10-13H,1-2,5-9H2,(H,17,18). The Morgan fingerprint density at radius 1 is 1.26 bits per heavy atom. The minimum absolute atomic E-state index is 0.143. The van der Waals surface area contributed by atoms with Gasteiger partial charge < -0.3 is 10.0 Å². The lowest BCUT2D eigenvalue weighted by Crippen LogP contribution is -2.44. The van der Waals surface area contributed by atoms with E-state index in [2.05, 4.69) is 12.2 Å². The quantitative estimate of drug-likeness (QED) is 0.791. The molecule has 1 saturated carbocycles. The molecule has 1 N–H and O–H groups in total. The summed E-state index contributed by atoms with van der Waals surface area (Å²) >= 11 is 0. The van der Waals surface area contributed by atoms with Crippen LogP contribution in [0.2, 0.25) is 0 Å². The number of likely N-dealkylation sites (tertiary alicyclic amines) is 1. The predicted molar refractivity (Wildman–Crippen MR) is 70.4 cm³/mol. The maximum atomic E-state index is 12.6. The number of carbonyl (C=O) groups is 2. The SMILES string of the molecule is O=C(O)CC1CCCN(C(=O)C2CC3C=CC2C3)C1. The zero-order valence-electron chi connectivity index (χ0n) is 11.1. The van der Waals surface area contributed by atoms with Crippen molar-refractivity contribution in [1.29, 1.82) is 0 Å². The fourth-order valence-electron chi connectivity index (χ4n) is 3.98. The van der Waals surface area contributed by atoms with E-state index in [1.807, 2.05) is 4.90 Å². The largest absolute Gasteiger partial charge is 0.481 e. The van der Waals surface area contributed by atoms with E-state index in [1.54, 1.807) is 0 Å². The molecule has 3 rings (SSSR count). The van der Waals surface area contributed by atoms with Crippen LogP contribution in [-0.2, 0) is 9.59 Å². The zero-order valence-corrected chi connectivity index (χ0v) is 11.1. The van der Waals surface area contributed by atoms with Gasteiger partial charge in [-0.3, -0.25) is 9.59 Å². The van der Waals surface area contributed by atoms with Gasteiger partial charge in [-0.25, -0.2) is 0 Å². The van der Waals surface area contributed by atoms with Crippen LogP contribution < -0.4 is 0 Å². The molecule has 0 spiro atoms. The van der Waals surface area contributed by atoms with Gasteiger partial charge in [-0.15, -0.1) is 0 Å². The van der Waals surface area contributed by atoms with Crippen LogP contribution in [0.3, 0.4) is 0 Å². The van der Waals surface area contributed by atoms with Gasteiger partial charge >= 0.3 is 5.97 Å². The first-order chi connectivity index (χ1) is 9.13. The average molecular weight is 263 g/mol. The summed E-state index contributed by atoms with van der Waals surface area (Å²) in [5.41, 5.74) is 0. The Bertz CT molecular complexity index is 418. The summed E-state index contributed by atoms with van der Waals surface area (Å²) in [6.07, 6.45) is 8.67. The van der Waals surface area contributed by atoms with Crippen LogP contribution in [0.5, 0.6) is 0 Å². The molecule has 0 aromatic rings. The van der Waals surface area contributed by atoms with Crippen LogP contribution in [0.1, 0.15) is 32.1 Å². The Morgan fingerprint density at radius 2 is 2.11 bits per heavy atom. The zero-order chi connectivity index (χ0) is 13.4. The van der Waals surface area contributed by atoms with Crippen molar-refractivity contribution in [2.45, 2.75) is 32.1 Å². The highest BCUT2D eigenvalue weighted by molar-refractivity contribution is 5.80. The summed E-state index contributed by atoms with van der Waals surface area (Å²) in [4.78, 5) is 25.3. The monoisotopic (exact) mass is 263 g/mol. The van der Waals surface area contributed by atoms with E-state index in [4.69, 9.17) is 5.11 Å². The van der Waals surface area contributed by atoms with Crippen molar-refractivity contribution in [3.8, 4) is 0 Å². The van der Waals surface area contributed by atoms with E-state index in [1.165, 1.54) is 0 Å². The van der Waals surface area contributed by atoms with E-state index in [-0.39, 0.29) is 24.2 Å². The smallest absolute Gasteiger partial charge is 0.303 e. The number of allylic oxidation sites excluding steroid dienone is 2. The molecule has 4 nitrogen and oxygen atoms in total. The molecular formula is C15H21NO3. The second kappa shape index (κ2) is 4.99. The highest BCUT2D eigenvalue weighted by atomic mass is 16.4. The van der Waals surface area contributed by atoms with Gasteiger partial charge in [0.15, 0.2) is 0 Å². The fourth-order valence-corrected chi connectivity index (χ4v) is 3.98. The summed E-state index contributed by atoms with van der Waals surface area (Å²) in [7, 11) is 0. The van der Waals surface area contributed by atoms with Crippen molar-refractivity contribution < 1.29 is 14.7 Å². The molecule has 4 atom stereocenters. The number of piperidine rings is 1. The molecule has 2 aliphatic carbocycles. The first kappa shape index (κ1) is 12.7. The van der Waals surface area contributed by atoms with Crippen LogP contribution in [0.4, 0.5) is 0 Å². The first-order valence-corrected chi connectivity index (χ1v) is 7.32. The highest BCUT2D eigenvalue weighted by Crippen LogP contribution is 2.44. The second-order valence-electron chi connectivity index (χ2n) is 6.28. The Balaban J connectivity index is 1.60. The number of rotatable bonds is 3. The van der Waals surface area contributed by atoms with E-state index in [9.17, 15) is 9.59 Å². The number of amides is 1. The number of hydrogen-bond donors (Lipinski definition) is 1. The summed E-state index contributed by atoms with van der Waals surface area (Å²) in [5, 5.41) is 8.88.